The van der Waals surface area contributed by atoms with Gasteiger partial charge in [0.25, 0.3) is 10.2 Å². The van der Waals surface area contributed by atoms with E-state index in [9.17, 15) is 8.42 Å². The van der Waals surface area contributed by atoms with Crippen molar-refractivity contribution in [3.63, 3.8) is 0 Å². The Morgan fingerprint density at radius 2 is 1.27 bits per heavy atom. The fourth-order valence-electron chi connectivity index (χ4n) is 2.41. The Kier molecular flexibility index (Phi) is 5.71. The van der Waals surface area contributed by atoms with Crippen molar-refractivity contribution >= 4 is 10.2 Å². The molecule has 0 atom stereocenters. The van der Waals surface area contributed by atoms with Gasteiger partial charge in [-0.05, 0) is 11.1 Å². The Morgan fingerprint density at radius 1 is 0.864 bits per heavy atom. The number of nitrogens with zero attached hydrogens (tertiary/aromatic N) is 1. The molecule has 2 aromatic carbocycles. The predicted octanol–water partition coefficient (Wildman–Crippen LogP) is 2.95. The third-order valence-electron chi connectivity index (χ3n) is 3.58. The average Bonchev–Trinajstić information content (AvgIpc) is 2.55. The summed E-state index contributed by atoms with van der Waals surface area (Å²) in [6.07, 6.45) is 0. The fraction of sp³-hybridized carbons (Fsp3) is 0.294. The van der Waals surface area contributed by atoms with Gasteiger partial charge in [-0.1, -0.05) is 74.5 Å². The number of hydrogen-bond donors (Lipinski definition) is 1. The predicted molar refractivity (Wildman–Crippen MR) is 89.7 cm³/mol. The smallest absolute Gasteiger partial charge is 0.195 e. The van der Waals surface area contributed by atoms with Crippen molar-refractivity contribution in [1.29, 1.82) is 0 Å². The molecule has 0 radical (unpaired) electrons. The molecule has 0 unspecified atom stereocenters. The van der Waals surface area contributed by atoms with Gasteiger partial charge in [0.05, 0.1) is 6.04 Å². The molecule has 2 rings (SSSR count). The Balaban J connectivity index is 2.39. The summed E-state index contributed by atoms with van der Waals surface area (Å²) in [5, 5.41) is 0. The molecular formula is C17H22N2O2S. The van der Waals surface area contributed by atoms with Gasteiger partial charge in [-0.3, -0.25) is 0 Å². The first-order chi connectivity index (χ1) is 10.6. The summed E-state index contributed by atoms with van der Waals surface area (Å²) in [4.78, 5) is 0. The second-order valence-corrected chi connectivity index (χ2v) is 6.66. The summed E-state index contributed by atoms with van der Waals surface area (Å²) in [5.74, 6) is 0. The zero-order valence-electron chi connectivity index (χ0n) is 12.9. The van der Waals surface area contributed by atoms with Gasteiger partial charge in [0.2, 0.25) is 0 Å². The van der Waals surface area contributed by atoms with Crippen molar-refractivity contribution in [2.24, 2.45) is 0 Å². The van der Waals surface area contributed by atoms with Crippen LogP contribution in [0.15, 0.2) is 60.7 Å². The van der Waals surface area contributed by atoms with Crippen molar-refractivity contribution in [3.8, 4) is 0 Å². The molecule has 2 aromatic rings. The van der Waals surface area contributed by atoms with E-state index in [0.29, 0.717) is 13.1 Å². The summed E-state index contributed by atoms with van der Waals surface area (Å²) < 4.78 is 29.4. The molecule has 22 heavy (non-hydrogen) atoms. The van der Waals surface area contributed by atoms with Crippen LogP contribution < -0.4 is 4.72 Å². The first kappa shape index (κ1) is 16.7. The van der Waals surface area contributed by atoms with Gasteiger partial charge >= 0.3 is 0 Å². The molecule has 0 saturated heterocycles. The van der Waals surface area contributed by atoms with Crippen LogP contribution in [0.1, 0.15) is 31.0 Å². The molecule has 0 aliphatic carbocycles. The van der Waals surface area contributed by atoms with E-state index in [2.05, 4.69) is 4.72 Å². The Hall–Kier alpha value is -1.69. The minimum atomic E-state index is -3.53. The largest absolute Gasteiger partial charge is 0.280 e. The summed E-state index contributed by atoms with van der Waals surface area (Å²) >= 11 is 0. The van der Waals surface area contributed by atoms with E-state index in [0.717, 1.165) is 11.1 Å². The fourth-order valence-corrected chi connectivity index (χ4v) is 3.81. The lowest BCUT2D eigenvalue weighted by molar-refractivity contribution is 0.430. The highest BCUT2D eigenvalue weighted by Gasteiger charge is 2.25. The SMILES string of the molecule is CCN(CC)S(=O)(=O)NC(c1ccccc1)c1ccccc1. The maximum atomic E-state index is 12.6. The highest BCUT2D eigenvalue weighted by molar-refractivity contribution is 7.87. The zero-order valence-corrected chi connectivity index (χ0v) is 13.8. The van der Waals surface area contributed by atoms with Crippen molar-refractivity contribution in [2.75, 3.05) is 13.1 Å². The van der Waals surface area contributed by atoms with Crippen LogP contribution in [-0.4, -0.2) is 25.8 Å². The topological polar surface area (TPSA) is 49.4 Å². The molecule has 0 aromatic heterocycles. The number of hydrogen-bond acceptors (Lipinski definition) is 2. The van der Waals surface area contributed by atoms with Gasteiger partial charge < -0.3 is 0 Å². The summed E-state index contributed by atoms with van der Waals surface area (Å²) in [6, 6.07) is 18.8. The third kappa shape index (κ3) is 3.94. The minimum absolute atomic E-state index is 0.395. The Labute approximate surface area is 133 Å². The maximum Gasteiger partial charge on any atom is 0.280 e. The molecule has 118 valence electrons. The Bertz CT molecular complexity index is 629. The van der Waals surface area contributed by atoms with E-state index in [4.69, 9.17) is 0 Å². The van der Waals surface area contributed by atoms with Gasteiger partial charge in [-0.25, -0.2) is 0 Å². The lowest BCUT2D eigenvalue weighted by Crippen LogP contribution is -2.42. The zero-order chi connectivity index (χ0) is 16.0. The van der Waals surface area contributed by atoms with Crippen molar-refractivity contribution in [3.05, 3.63) is 71.8 Å². The first-order valence-corrected chi connectivity index (χ1v) is 8.89. The van der Waals surface area contributed by atoms with E-state index in [1.807, 2.05) is 74.5 Å². The number of rotatable bonds is 7. The highest BCUT2D eigenvalue weighted by atomic mass is 32.2. The van der Waals surface area contributed by atoms with Crippen molar-refractivity contribution in [2.45, 2.75) is 19.9 Å². The molecule has 5 heteroatoms. The van der Waals surface area contributed by atoms with E-state index in [-0.39, 0.29) is 0 Å². The molecule has 1 N–H and O–H groups in total. The normalized spacial score (nSPS) is 12.0. The Morgan fingerprint density at radius 3 is 1.64 bits per heavy atom. The molecule has 0 amide bonds. The molecule has 0 aliphatic rings. The van der Waals surface area contributed by atoms with E-state index in [1.54, 1.807) is 0 Å². The third-order valence-corrected chi connectivity index (χ3v) is 5.31. The second-order valence-electron chi connectivity index (χ2n) is 4.96. The molecule has 0 fully saturated rings. The molecule has 0 bridgehead atoms. The van der Waals surface area contributed by atoms with Crippen LogP contribution in [0.4, 0.5) is 0 Å². The van der Waals surface area contributed by atoms with Crippen molar-refractivity contribution < 1.29 is 8.42 Å². The van der Waals surface area contributed by atoms with E-state index in [1.165, 1.54) is 4.31 Å². The van der Waals surface area contributed by atoms with Crippen LogP contribution in [0.25, 0.3) is 0 Å². The average molecular weight is 318 g/mol. The van der Waals surface area contributed by atoms with Gasteiger partial charge in [0.15, 0.2) is 0 Å². The lowest BCUT2D eigenvalue weighted by atomic mass is 10.00. The van der Waals surface area contributed by atoms with Crippen LogP contribution in [0.2, 0.25) is 0 Å². The van der Waals surface area contributed by atoms with Gasteiger partial charge in [0, 0.05) is 13.1 Å². The molecule has 0 aliphatic heterocycles. The standard InChI is InChI=1S/C17H22N2O2S/c1-3-19(4-2)22(20,21)18-17(15-11-7-5-8-12-15)16-13-9-6-10-14-16/h5-14,17-18H,3-4H2,1-2H3. The number of nitrogens with one attached hydrogen (secondary N) is 1. The molecule has 0 heterocycles. The second kappa shape index (κ2) is 7.54. The summed E-state index contributed by atoms with van der Waals surface area (Å²) in [6.45, 7) is 4.57. The summed E-state index contributed by atoms with van der Waals surface area (Å²) in [5.41, 5.74) is 1.84. The van der Waals surface area contributed by atoms with E-state index < -0.39 is 16.3 Å². The first-order valence-electron chi connectivity index (χ1n) is 7.45. The van der Waals surface area contributed by atoms with Gasteiger partial charge in [-0.15, -0.1) is 0 Å². The molecule has 0 saturated carbocycles. The van der Waals surface area contributed by atoms with Crippen LogP contribution in [0, 0.1) is 0 Å². The van der Waals surface area contributed by atoms with E-state index >= 15 is 0 Å². The minimum Gasteiger partial charge on any atom is -0.195 e. The van der Waals surface area contributed by atoms with Crippen LogP contribution in [0.5, 0.6) is 0 Å². The summed E-state index contributed by atoms with van der Waals surface area (Å²) in [7, 11) is -3.53. The van der Waals surface area contributed by atoms with Crippen LogP contribution >= 0.6 is 0 Å². The lowest BCUT2D eigenvalue weighted by Gasteiger charge is -2.25. The molecule has 4 nitrogen and oxygen atoms in total. The van der Waals surface area contributed by atoms with Crippen LogP contribution in [-0.2, 0) is 10.2 Å². The van der Waals surface area contributed by atoms with Crippen LogP contribution in [0.3, 0.4) is 0 Å². The monoisotopic (exact) mass is 318 g/mol. The van der Waals surface area contributed by atoms with Crippen molar-refractivity contribution in [1.82, 2.24) is 9.03 Å². The van der Waals surface area contributed by atoms with Gasteiger partial charge in [-0.2, -0.15) is 17.4 Å². The maximum absolute atomic E-state index is 12.6. The quantitative estimate of drug-likeness (QED) is 0.853. The molecular weight excluding hydrogens is 296 g/mol. The highest BCUT2D eigenvalue weighted by Crippen LogP contribution is 2.23. The molecule has 0 spiro atoms. The van der Waals surface area contributed by atoms with Gasteiger partial charge in [0.1, 0.15) is 0 Å². The number of benzene rings is 2.